The minimum Gasteiger partial charge on any atom is -0.385 e. The maximum absolute atomic E-state index is 11.8. The van der Waals surface area contributed by atoms with Gasteiger partial charge < -0.3 is 5.11 Å². The van der Waals surface area contributed by atoms with Gasteiger partial charge in [0.05, 0.1) is 5.60 Å². The van der Waals surface area contributed by atoms with Gasteiger partial charge >= 0.3 is 0 Å². The van der Waals surface area contributed by atoms with E-state index >= 15 is 0 Å². The molecule has 1 N–H and O–H groups in total. The zero-order valence-corrected chi connectivity index (χ0v) is 17.2. The van der Waals surface area contributed by atoms with Gasteiger partial charge in [-0.25, -0.2) is 0 Å². The second-order valence-corrected chi connectivity index (χ2v) is 9.73. The van der Waals surface area contributed by atoms with Crippen molar-refractivity contribution in [3.05, 3.63) is 71.3 Å². The second-order valence-electron chi connectivity index (χ2n) is 9.73. The summed E-state index contributed by atoms with van der Waals surface area (Å²) in [5.41, 5.74) is 3.01. The van der Waals surface area contributed by atoms with E-state index in [9.17, 15) is 5.11 Å². The summed E-state index contributed by atoms with van der Waals surface area (Å²) in [5.74, 6) is 0.806. The number of hydrogen-bond acceptors (Lipinski definition) is 2. The lowest BCUT2D eigenvalue weighted by atomic mass is 9.63. The molecule has 2 bridgehead atoms. The van der Waals surface area contributed by atoms with Gasteiger partial charge in [0.25, 0.3) is 0 Å². The van der Waals surface area contributed by atoms with Crippen LogP contribution in [0.15, 0.2) is 54.6 Å². The highest BCUT2D eigenvalue weighted by atomic mass is 16.3. The third kappa shape index (κ3) is 3.34. The normalized spacial score (nSPS) is 30.1. The van der Waals surface area contributed by atoms with Gasteiger partial charge in [0.1, 0.15) is 0 Å². The molecule has 3 atom stereocenters. The minimum absolute atomic E-state index is 0.132. The molecule has 3 fully saturated rings. The molecule has 0 aliphatic carbocycles. The monoisotopic (exact) mass is 363 g/mol. The molecule has 3 heterocycles. The number of hydrogen-bond donors (Lipinski definition) is 1. The maximum atomic E-state index is 11.8. The Morgan fingerprint density at radius 3 is 1.93 bits per heavy atom. The summed E-state index contributed by atoms with van der Waals surface area (Å²) >= 11 is 0. The summed E-state index contributed by atoms with van der Waals surface area (Å²) in [6.07, 6.45) is 2.40. The fourth-order valence-electron chi connectivity index (χ4n) is 5.38. The maximum Gasteiger partial charge on any atom is 0.0917 e. The SMILES string of the molecule is CC(C)(C)c1ccc(C(C)(O)C2C3CCN(CC3)C2c2ccccc2)cc1. The first-order chi connectivity index (χ1) is 12.8. The smallest absolute Gasteiger partial charge is 0.0917 e. The number of aliphatic hydroxyl groups is 1. The molecule has 2 aromatic rings. The molecule has 3 unspecified atom stereocenters. The van der Waals surface area contributed by atoms with E-state index in [1.165, 1.54) is 24.0 Å². The van der Waals surface area contributed by atoms with Crippen molar-refractivity contribution in [2.45, 2.75) is 57.6 Å². The lowest BCUT2D eigenvalue weighted by Gasteiger charge is -2.55. The van der Waals surface area contributed by atoms with E-state index in [2.05, 4.69) is 80.3 Å². The largest absolute Gasteiger partial charge is 0.385 e. The first-order valence-electron chi connectivity index (χ1n) is 10.4. The van der Waals surface area contributed by atoms with Crippen molar-refractivity contribution in [3.63, 3.8) is 0 Å². The van der Waals surface area contributed by atoms with E-state index in [4.69, 9.17) is 0 Å². The van der Waals surface area contributed by atoms with Crippen molar-refractivity contribution >= 4 is 0 Å². The molecule has 0 spiro atoms. The van der Waals surface area contributed by atoms with Crippen LogP contribution in [0.3, 0.4) is 0 Å². The first-order valence-corrected chi connectivity index (χ1v) is 10.4. The minimum atomic E-state index is -0.833. The lowest BCUT2D eigenvalue weighted by Crippen LogP contribution is -2.55. The van der Waals surface area contributed by atoms with Crippen LogP contribution in [0.25, 0.3) is 0 Å². The van der Waals surface area contributed by atoms with Crippen LogP contribution in [0.2, 0.25) is 0 Å². The summed E-state index contributed by atoms with van der Waals surface area (Å²) in [7, 11) is 0. The van der Waals surface area contributed by atoms with Gasteiger partial charge in [-0.05, 0) is 60.9 Å². The highest BCUT2D eigenvalue weighted by Gasteiger charge is 2.51. The van der Waals surface area contributed by atoms with Crippen molar-refractivity contribution in [1.29, 1.82) is 0 Å². The molecule has 2 heteroatoms. The summed E-state index contributed by atoms with van der Waals surface area (Å²) in [6.45, 7) is 11.1. The van der Waals surface area contributed by atoms with Gasteiger partial charge in [-0.2, -0.15) is 0 Å². The summed E-state index contributed by atoms with van der Waals surface area (Å²) in [4.78, 5) is 2.60. The van der Waals surface area contributed by atoms with Crippen LogP contribution in [-0.2, 0) is 11.0 Å². The van der Waals surface area contributed by atoms with Gasteiger partial charge in [-0.1, -0.05) is 75.4 Å². The molecule has 0 amide bonds. The molecular weight excluding hydrogens is 330 g/mol. The Morgan fingerprint density at radius 2 is 1.37 bits per heavy atom. The number of fused-ring (bicyclic) bond motifs is 3. The van der Waals surface area contributed by atoms with Gasteiger partial charge in [0.15, 0.2) is 0 Å². The second kappa shape index (κ2) is 6.76. The highest BCUT2D eigenvalue weighted by molar-refractivity contribution is 5.33. The average molecular weight is 364 g/mol. The van der Waals surface area contributed by atoms with Crippen LogP contribution < -0.4 is 0 Å². The molecule has 3 saturated heterocycles. The van der Waals surface area contributed by atoms with Crippen molar-refractivity contribution in [3.8, 4) is 0 Å². The van der Waals surface area contributed by atoms with Gasteiger partial charge in [-0.3, -0.25) is 4.90 Å². The van der Waals surface area contributed by atoms with Gasteiger partial charge in [-0.15, -0.1) is 0 Å². The topological polar surface area (TPSA) is 23.5 Å². The zero-order chi connectivity index (χ0) is 19.2. The van der Waals surface area contributed by atoms with E-state index in [-0.39, 0.29) is 11.3 Å². The third-order valence-electron chi connectivity index (χ3n) is 6.94. The molecule has 2 aromatic carbocycles. The summed E-state index contributed by atoms with van der Waals surface area (Å²) < 4.78 is 0. The van der Waals surface area contributed by atoms with Crippen molar-refractivity contribution in [1.82, 2.24) is 4.90 Å². The number of nitrogens with zero attached hydrogens (tertiary/aromatic N) is 1. The van der Waals surface area contributed by atoms with Gasteiger partial charge in [0, 0.05) is 12.0 Å². The van der Waals surface area contributed by atoms with E-state index < -0.39 is 5.60 Å². The number of piperidine rings is 3. The van der Waals surface area contributed by atoms with Crippen LogP contribution in [0.4, 0.5) is 0 Å². The first kappa shape index (κ1) is 18.7. The van der Waals surface area contributed by atoms with Crippen LogP contribution in [0.5, 0.6) is 0 Å². The zero-order valence-electron chi connectivity index (χ0n) is 17.2. The molecule has 144 valence electrons. The standard InChI is InChI=1S/C25H33NO/c1-24(2,3)20-10-12-21(13-11-20)25(4,27)22-18-14-16-26(17-15-18)23(22)19-8-6-5-7-9-19/h5-13,18,22-23,27H,14-17H2,1-4H3. The van der Waals surface area contributed by atoms with Crippen molar-refractivity contribution < 1.29 is 5.11 Å². The van der Waals surface area contributed by atoms with Crippen LogP contribution in [-0.4, -0.2) is 23.1 Å². The van der Waals surface area contributed by atoms with Crippen molar-refractivity contribution in [2.24, 2.45) is 11.8 Å². The number of rotatable bonds is 3. The average Bonchev–Trinajstić information content (AvgIpc) is 2.68. The Balaban J connectivity index is 1.72. The summed E-state index contributed by atoms with van der Waals surface area (Å²) in [6, 6.07) is 19.8. The number of benzene rings is 2. The van der Waals surface area contributed by atoms with Crippen LogP contribution in [0, 0.1) is 11.8 Å². The van der Waals surface area contributed by atoms with E-state index in [1.54, 1.807) is 0 Å². The Bertz CT molecular complexity index is 764. The molecule has 0 aromatic heterocycles. The predicted octanol–water partition coefficient (Wildman–Crippen LogP) is 5.27. The van der Waals surface area contributed by atoms with E-state index in [1.807, 2.05) is 6.92 Å². The molecule has 3 aliphatic heterocycles. The fourth-order valence-corrected chi connectivity index (χ4v) is 5.38. The molecule has 3 aliphatic rings. The highest BCUT2D eigenvalue weighted by Crippen LogP contribution is 2.52. The van der Waals surface area contributed by atoms with E-state index in [0.29, 0.717) is 12.0 Å². The Labute approximate surface area is 164 Å². The summed E-state index contributed by atoms with van der Waals surface area (Å²) in [5, 5.41) is 11.8. The fraction of sp³-hybridized carbons (Fsp3) is 0.520. The van der Waals surface area contributed by atoms with Crippen LogP contribution >= 0.6 is 0 Å². The lowest BCUT2D eigenvalue weighted by molar-refractivity contribution is -0.126. The Hall–Kier alpha value is -1.64. The Morgan fingerprint density at radius 1 is 0.815 bits per heavy atom. The molecule has 0 saturated carbocycles. The van der Waals surface area contributed by atoms with Crippen LogP contribution in [0.1, 0.15) is 63.3 Å². The van der Waals surface area contributed by atoms with E-state index in [0.717, 1.165) is 18.7 Å². The molecular formula is C25H33NO. The molecule has 27 heavy (non-hydrogen) atoms. The Kier molecular flexibility index (Phi) is 4.68. The van der Waals surface area contributed by atoms with Crippen molar-refractivity contribution in [2.75, 3.05) is 13.1 Å². The molecule has 2 nitrogen and oxygen atoms in total. The molecule has 0 radical (unpaired) electrons. The third-order valence-corrected chi connectivity index (χ3v) is 6.94. The van der Waals surface area contributed by atoms with Gasteiger partial charge in [0.2, 0.25) is 0 Å². The predicted molar refractivity (Wildman–Crippen MR) is 112 cm³/mol. The molecule has 5 rings (SSSR count). The quantitative estimate of drug-likeness (QED) is 0.802.